The monoisotopic (exact) mass is 269 g/mol. The summed E-state index contributed by atoms with van der Waals surface area (Å²) >= 11 is 0. The number of nitrogens with zero attached hydrogens (tertiary/aromatic N) is 2. The third-order valence-electron chi connectivity index (χ3n) is 3.72. The average Bonchev–Trinajstić information content (AvgIpc) is 3.21. The third kappa shape index (κ3) is 2.44. The molecule has 0 unspecified atom stereocenters. The SMILES string of the molecule is Cc1[nH]ncc1S(=O)(=O)N(CC1CC1)CC1CC1. The van der Waals surface area contributed by atoms with Gasteiger partial charge in [-0.2, -0.15) is 9.40 Å². The molecule has 0 spiro atoms. The Morgan fingerprint density at radius 3 is 2.22 bits per heavy atom. The number of sulfonamides is 1. The topological polar surface area (TPSA) is 66.1 Å². The Bertz CT molecular complexity index is 515. The standard InChI is InChI=1S/C12H19N3O2S/c1-9-12(6-13-14-9)18(16,17)15(7-10-2-3-10)8-11-4-5-11/h6,10-11H,2-5,7-8H2,1H3,(H,13,14). The molecule has 1 heterocycles. The van der Waals surface area contributed by atoms with E-state index in [-0.39, 0.29) is 0 Å². The molecule has 0 amide bonds. The summed E-state index contributed by atoms with van der Waals surface area (Å²) < 4.78 is 26.9. The minimum absolute atomic E-state index is 0.337. The van der Waals surface area contributed by atoms with Crippen molar-refractivity contribution < 1.29 is 8.42 Å². The second kappa shape index (κ2) is 4.35. The molecule has 1 aromatic rings. The van der Waals surface area contributed by atoms with Crippen LogP contribution in [0.25, 0.3) is 0 Å². The number of hydrogen-bond donors (Lipinski definition) is 1. The van der Waals surface area contributed by atoms with Gasteiger partial charge in [-0.3, -0.25) is 5.10 Å². The molecule has 0 radical (unpaired) electrons. The van der Waals surface area contributed by atoms with Crippen LogP contribution in [0, 0.1) is 18.8 Å². The fraction of sp³-hybridized carbons (Fsp3) is 0.750. The lowest BCUT2D eigenvalue weighted by Crippen LogP contribution is -2.35. The van der Waals surface area contributed by atoms with Gasteiger partial charge in [0, 0.05) is 13.1 Å². The highest BCUT2D eigenvalue weighted by atomic mass is 32.2. The van der Waals surface area contributed by atoms with Crippen molar-refractivity contribution in [3.8, 4) is 0 Å². The average molecular weight is 269 g/mol. The van der Waals surface area contributed by atoms with Gasteiger partial charge in [0.25, 0.3) is 0 Å². The van der Waals surface area contributed by atoms with Crippen LogP contribution in [0.1, 0.15) is 31.4 Å². The summed E-state index contributed by atoms with van der Waals surface area (Å²) in [6.07, 6.45) is 6.10. The highest BCUT2D eigenvalue weighted by Crippen LogP contribution is 2.36. The summed E-state index contributed by atoms with van der Waals surface area (Å²) in [4.78, 5) is 0.337. The highest BCUT2D eigenvalue weighted by Gasteiger charge is 2.36. The molecule has 0 aliphatic heterocycles. The van der Waals surface area contributed by atoms with Gasteiger partial charge < -0.3 is 0 Å². The Morgan fingerprint density at radius 2 is 1.83 bits per heavy atom. The molecule has 6 heteroatoms. The molecule has 2 fully saturated rings. The van der Waals surface area contributed by atoms with Crippen LogP contribution in [0.5, 0.6) is 0 Å². The number of aryl methyl sites for hydroxylation is 1. The van der Waals surface area contributed by atoms with E-state index in [0.717, 1.165) is 0 Å². The summed E-state index contributed by atoms with van der Waals surface area (Å²) in [7, 11) is -3.36. The molecule has 18 heavy (non-hydrogen) atoms. The first-order valence-corrected chi connectivity index (χ1v) is 8.01. The van der Waals surface area contributed by atoms with E-state index < -0.39 is 10.0 Å². The lowest BCUT2D eigenvalue weighted by molar-refractivity contribution is 0.382. The summed E-state index contributed by atoms with van der Waals surface area (Å²) in [6, 6.07) is 0. The lowest BCUT2D eigenvalue weighted by atomic mass is 10.4. The van der Waals surface area contributed by atoms with Crippen LogP contribution in [-0.2, 0) is 10.0 Å². The smallest absolute Gasteiger partial charge is 0.246 e. The molecule has 2 aliphatic rings. The van der Waals surface area contributed by atoms with Gasteiger partial charge in [0.15, 0.2) is 0 Å². The minimum atomic E-state index is -3.36. The van der Waals surface area contributed by atoms with E-state index in [2.05, 4.69) is 10.2 Å². The van der Waals surface area contributed by atoms with E-state index in [9.17, 15) is 8.42 Å². The molecular formula is C12H19N3O2S. The van der Waals surface area contributed by atoms with Gasteiger partial charge >= 0.3 is 0 Å². The van der Waals surface area contributed by atoms with Crippen LogP contribution < -0.4 is 0 Å². The van der Waals surface area contributed by atoms with Crippen LogP contribution >= 0.6 is 0 Å². The van der Waals surface area contributed by atoms with Crippen LogP contribution in [0.15, 0.2) is 11.1 Å². The van der Waals surface area contributed by atoms with Crippen LogP contribution in [0.3, 0.4) is 0 Å². The predicted octanol–water partition coefficient (Wildman–Crippen LogP) is 1.53. The maximum atomic E-state index is 12.6. The summed E-state index contributed by atoms with van der Waals surface area (Å²) in [5.74, 6) is 1.15. The summed E-state index contributed by atoms with van der Waals surface area (Å²) in [6.45, 7) is 3.12. The van der Waals surface area contributed by atoms with Gasteiger partial charge in [0.05, 0.1) is 11.9 Å². The fourth-order valence-electron chi connectivity index (χ4n) is 2.19. The van der Waals surface area contributed by atoms with E-state index in [0.29, 0.717) is 35.5 Å². The molecular weight excluding hydrogens is 250 g/mol. The second-order valence-corrected chi connectivity index (χ2v) is 7.47. The molecule has 0 saturated heterocycles. The Morgan fingerprint density at radius 1 is 1.28 bits per heavy atom. The molecule has 1 N–H and O–H groups in total. The lowest BCUT2D eigenvalue weighted by Gasteiger charge is -2.21. The molecule has 100 valence electrons. The van der Waals surface area contributed by atoms with Crippen molar-refractivity contribution in [2.75, 3.05) is 13.1 Å². The second-order valence-electron chi connectivity index (χ2n) is 5.57. The number of nitrogens with one attached hydrogen (secondary N) is 1. The summed E-state index contributed by atoms with van der Waals surface area (Å²) in [5, 5.41) is 6.54. The Hall–Kier alpha value is -0.880. The maximum absolute atomic E-state index is 12.6. The first-order valence-electron chi connectivity index (χ1n) is 6.57. The third-order valence-corrected chi connectivity index (χ3v) is 5.66. The van der Waals surface area contributed by atoms with Gasteiger partial charge in [-0.15, -0.1) is 0 Å². The number of aromatic nitrogens is 2. The Kier molecular flexibility index (Phi) is 2.94. The van der Waals surface area contributed by atoms with Crippen LogP contribution in [0.4, 0.5) is 0 Å². The van der Waals surface area contributed by atoms with Gasteiger partial charge in [0.2, 0.25) is 10.0 Å². The van der Waals surface area contributed by atoms with E-state index in [4.69, 9.17) is 0 Å². The van der Waals surface area contributed by atoms with Crippen molar-refractivity contribution in [3.05, 3.63) is 11.9 Å². The number of H-pyrrole nitrogens is 1. The molecule has 5 nitrogen and oxygen atoms in total. The molecule has 3 rings (SSSR count). The zero-order valence-electron chi connectivity index (χ0n) is 10.6. The van der Waals surface area contributed by atoms with Gasteiger partial charge in [-0.25, -0.2) is 8.42 Å². The van der Waals surface area contributed by atoms with Crippen molar-refractivity contribution in [2.24, 2.45) is 11.8 Å². The molecule has 0 bridgehead atoms. The number of hydrogen-bond acceptors (Lipinski definition) is 3. The van der Waals surface area contributed by atoms with Crippen molar-refractivity contribution in [2.45, 2.75) is 37.5 Å². The minimum Gasteiger partial charge on any atom is -0.281 e. The number of rotatable bonds is 6. The Labute approximate surface area is 108 Å². The molecule has 2 saturated carbocycles. The maximum Gasteiger partial charge on any atom is 0.246 e. The first-order chi connectivity index (χ1) is 8.57. The van der Waals surface area contributed by atoms with Gasteiger partial charge in [0.1, 0.15) is 4.90 Å². The van der Waals surface area contributed by atoms with E-state index in [1.54, 1.807) is 11.2 Å². The zero-order valence-corrected chi connectivity index (χ0v) is 11.4. The zero-order chi connectivity index (χ0) is 12.8. The van der Waals surface area contributed by atoms with Gasteiger partial charge in [-0.1, -0.05) is 0 Å². The van der Waals surface area contributed by atoms with Crippen LogP contribution in [0.2, 0.25) is 0 Å². The molecule has 0 atom stereocenters. The van der Waals surface area contributed by atoms with Crippen molar-refractivity contribution >= 4 is 10.0 Å². The number of aromatic amines is 1. The van der Waals surface area contributed by atoms with E-state index in [1.807, 2.05) is 0 Å². The van der Waals surface area contributed by atoms with Crippen molar-refractivity contribution in [3.63, 3.8) is 0 Å². The van der Waals surface area contributed by atoms with Crippen molar-refractivity contribution in [1.29, 1.82) is 0 Å². The summed E-state index contributed by atoms with van der Waals surface area (Å²) in [5.41, 5.74) is 0.631. The largest absolute Gasteiger partial charge is 0.281 e. The molecule has 1 aromatic heterocycles. The molecule has 2 aliphatic carbocycles. The fourth-order valence-corrected chi connectivity index (χ4v) is 3.90. The van der Waals surface area contributed by atoms with Crippen molar-refractivity contribution in [1.82, 2.24) is 14.5 Å². The predicted molar refractivity (Wildman–Crippen MR) is 67.5 cm³/mol. The first kappa shape index (κ1) is 12.2. The highest BCUT2D eigenvalue weighted by molar-refractivity contribution is 7.89. The van der Waals surface area contributed by atoms with Crippen LogP contribution in [-0.4, -0.2) is 36.0 Å². The quantitative estimate of drug-likeness (QED) is 0.851. The van der Waals surface area contributed by atoms with E-state index in [1.165, 1.54) is 31.9 Å². The van der Waals surface area contributed by atoms with E-state index >= 15 is 0 Å². The Balaban J connectivity index is 1.84. The molecule has 0 aromatic carbocycles. The normalized spacial score (nSPS) is 20.6. The van der Waals surface area contributed by atoms with Gasteiger partial charge in [-0.05, 0) is 44.4 Å².